The maximum absolute atomic E-state index is 13.2. The summed E-state index contributed by atoms with van der Waals surface area (Å²) in [7, 11) is 0. The number of aromatic nitrogens is 3. The third kappa shape index (κ3) is 5.11. The van der Waals surface area contributed by atoms with Gasteiger partial charge in [0.2, 0.25) is 11.7 Å². The summed E-state index contributed by atoms with van der Waals surface area (Å²) in [6.07, 6.45) is 6.69. The fraction of sp³-hybridized carbons (Fsp3) is 0.179. The second-order valence-electron chi connectivity index (χ2n) is 8.31. The summed E-state index contributed by atoms with van der Waals surface area (Å²) >= 11 is 0. The van der Waals surface area contributed by atoms with Crippen LogP contribution in [0.2, 0.25) is 0 Å². The number of pyridine rings is 2. The lowest BCUT2D eigenvalue weighted by Gasteiger charge is -2.10. The lowest BCUT2D eigenvalue weighted by atomic mass is 10.0. The van der Waals surface area contributed by atoms with Crippen LogP contribution in [0.15, 0.2) is 77.9 Å². The molecular weight excluding hydrogens is 472 g/mol. The highest BCUT2D eigenvalue weighted by Crippen LogP contribution is 2.31. The summed E-state index contributed by atoms with van der Waals surface area (Å²) in [5.74, 6) is -1.88. The van der Waals surface area contributed by atoms with E-state index in [1.165, 1.54) is 0 Å². The van der Waals surface area contributed by atoms with E-state index < -0.39 is 17.7 Å². The number of allylic oxidation sites excluding steroid dienone is 1. The number of H-pyrrole nitrogens is 1. The Balaban J connectivity index is 1.43. The number of fused-ring (bicyclic) bond motifs is 1. The molecule has 0 saturated carbocycles. The number of rotatable bonds is 7. The number of hydrogen-bond acceptors (Lipinski definition) is 8. The summed E-state index contributed by atoms with van der Waals surface area (Å²) in [6, 6.07) is 14.7. The normalized spacial score (nSPS) is 17.4. The highest BCUT2D eigenvalue weighted by molar-refractivity contribution is 6.27. The maximum atomic E-state index is 13.2. The van der Waals surface area contributed by atoms with E-state index in [1.54, 1.807) is 49.8 Å². The van der Waals surface area contributed by atoms with Crippen molar-refractivity contribution in [1.29, 1.82) is 0 Å². The first-order valence-electron chi connectivity index (χ1n) is 11.8. The molecule has 9 heteroatoms. The van der Waals surface area contributed by atoms with Crippen molar-refractivity contribution in [3.63, 3.8) is 0 Å². The second kappa shape index (κ2) is 10.4. The van der Waals surface area contributed by atoms with Crippen LogP contribution in [0.1, 0.15) is 23.7 Å². The van der Waals surface area contributed by atoms with Crippen LogP contribution in [-0.2, 0) is 25.7 Å². The molecule has 1 N–H and O–H groups in total. The van der Waals surface area contributed by atoms with Crippen LogP contribution in [0.5, 0.6) is 5.75 Å². The van der Waals surface area contributed by atoms with E-state index >= 15 is 0 Å². The van der Waals surface area contributed by atoms with Crippen LogP contribution in [0.4, 0.5) is 5.69 Å². The summed E-state index contributed by atoms with van der Waals surface area (Å²) in [5, 5.41) is 0.821. The minimum absolute atomic E-state index is 0.00882. The van der Waals surface area contributed by atoms with Crippen molar-refractivity contribution in [3.05, 3.63) is 89.7 Å². The number of nitrogens with zero attached hydrogens (tertiary/aromatic N) is 3. The van der Waals surface area contributed by atoms with E-state index in [0.29, 0.717) is 29.3 Å². The van der Waals surface area contributed by atoms with E-state index in [1.807, 2.05) is 37.3 Å². The van der Waals surface area contributed by atoms with Crippen molar-refractivity contribution in [2.75, 3.05) is 6.61 Å². The van der Waals surface area contributed by atoms with Crippen molar-refractivity contribution < 1.29 is 23.8 Å². The van der Waals surface area contributed by atoms with Gasteiger partial charge in [0.25, 0.3) is 0 Å². The van der Waals surface area contributed by atoms with E-state index in [0.717, 1.165) is 16.6 Å². The molecule has 1 aliphatic rings. The Morgan fingerprint density at radius 2 is 2.03 bits per heavy atom. The van der Waals surface area contributed by atoms with E-state index in [4.69, 9.17) is 14.2 Å². The molecule has 0 bridgehead atoms. The van der Waals surface area contributed by atoms with Crippen molar-refractivity contribution >= 4 is 40.4 Å². The summed E-state index contributed by atoms with van der Waals surface area (Å²) in [5.41, 5.74) is 3.52. The van der Waals surface area contributed by atoms with Gasteiger partial charge >= 0.3 is 5.97 Å². The fourth-order valence-corrected chi connectivity index (χ4v) is 3.94. The number of ether oxygens (including phenoxy) is 3. The highest BCUT2D eigenvalue weighted by atomic mass is 16.5. The third-order valence-corrected chi connectivity index (χ3v) is 5.77. The maximum Gasteiger partial charge on any atom is 0.326 e. The molecule has 1 aromatic carbocycles. The molecular formula is C28H24N4O5. The Morgan fingerprint density at radius 3 is 2.81 bits per heavy atom. The Bertz CT molecular complexity index is 1520. The molecule has 0 spiro atoms. The van der Waals surface area contributed by atoms with Crippen molar-refractivity contribution in [2.45, 2.75) is 20.5 Å². The number of carbonyl (C=O) groups excluding carboxylic acids is 2. The number of benzene rings is 1. The minimum atomic E-state index is -1.28. The van der Waals surface area contributed by atoms with Crippen molar-refractivity contribution in [2.24, 2.45) is 10.9 Å². The van der Waals surface area contributed by atoms with Crippen LogP contribution in [-0.4, -0.2) is 39.2 Å². The number of aryl methyl sites for hydroxylation is 1. The third-order valence-electron chi connectivity index (χ3n) is 5.77. The minimum Gasteiger partial charge on any atom is -0.487 e. The Morgan fingerprint density at radius 1 is 1.16 bits per heavy atom. The first kappa shape index (κ1) is 23.9. The smallest absolute Gasteiger partial charge is 0.326 e. The number of carbonyl (C=O) groups is 2. The summed E-state index contributed by atoms with van der Waals surface area (Å²) in [4.78, 5) is 42.0. The Kier molecular flexibility index (Phi) is 6.76. The lowest BCUT2D eigenvalue weighted by Crippen LogP contribution is -2.27. The van der Waals surface area contributed by atoms with Gasteiger partial charge in [0.1, 0.15) is 18.0 Å². The van der Waals surface area contributed by atoms with Crippen LogP contribution >= 0.6 is 0 Å². The zero-order valence-corrected chi connectivity index (χ0v) is 20.3. The average Bonchev–Trinajstić information content (AvgIpc) is 3.45. The van der Waals surface area contributed by atoms with Gasteiger partial charge in [0, 0.05) is 29.5 Å². The van der Waals surface area contributed by atoms with E-state index in [2.05, 4.69) is 19.9 Å². The van der Waals surface area contributed by atoms with Gasteiger partial charge in [0.05, 0.1) is 18.0 Å². The van der Waals surface area contributed by atoms with Crippen LogP contribution in [0, 0.1) is 12.8 Å². The average molecular weight is 497 g/mol. The quantitative estimate of drug-likeness (QED) is 0.224. The lowest BCUT2D eigenvalue weighted by molar-refractivity contribution is -0.147. The van der Waals surface area contributed by atoms with Gasteiger partial charge in [-0.2, -0.15) is 0 Å². The number of Topliss-reactive ketones (excluding diaryl/α,β-unsaturated/α-hetero) is 1. The molecule has 186 valence electrons. The number of esters is 1. The molecule has 0 amide bonds. The molecule has 5 rings (SSSR count). The van der Waals surface area contributed by atoms with Gasteiger partial charge < -0.3 is 19.2 Å². The number of hydrogen-bond donors (Lipinski definition) is 1. The Hall–Kier alpha value is -4.79. The molecule has 9 nitrogen and oxygen atoms in total. The van der Waals surface area contributed by atoms with Crippen LogP contribution in [0.3, 0.4) is 0 Å². The predicted octanol–water partition coefficient (Wildman–Crippen LogP) is 4.70. The van der Waals surface area contributed by atoms with Gasteiger partial charge in [-0.3, -0.25) is 14.6 Å². The first-order valence-corrected chi connectivity index (χ1v) is 11.8. The summed E-state index contributed by atoms with van der Waals surface area (Å²) < 4.78 is 16.8. The number of aliphatic imine (C=N–C) groups is 1. The van der Waals surface area contributed by atoms with Crippen molar-refractivity contribution in [1.82, 2.24) is 15.0 Å². The summed E-state index contributed by atoms with van der Waals surface area (Å²) in [6.45, 7) is 4.00. The Labute approximate surface area is 212 Å². The molecule has 1 saturated heterocycles. The van der Waals surface area contributed by atoms with E-state index in [9.17, 15) is 9.59 Å². The SMILES string of the molecule is CCOC(=O)C1C(=O)/C(=C/c2c[nH]c3ncccc23)OC1=Nc1ccc(OCc2ccccn2)cc1C. The zero-order chi connectivity index (χ0) is 25.8. The zero-order valence-electron chi connectivity index (χ0n) is 20.3. The van der Waals surface area contributed by atoms with Gasteiger partial charge in [-0.1, -0.05) is 6.07 Å². The first-order chi connectivity index (χ1) is 18.0. The molecule has 1 unspecified atom stereocenters. The van der Waals surface area contributed by atoms with Crippen LogP contribution in [0.25, 0.3) is 17.1 Å². The molecule has 1 atom stereocenters. The highest BCUT2D eigenvalue weighted by Gasteiger charge is 2.44. The largest absolute Gasteiger partial charge is 0.487 e. The molecule has 3 aromatic heterocycles. The monoisotopic (exact) mass is 496 g/mol. The molecule has 1 fully saturated rings. The molecule has 0 radical (unpaired) electrons. The van der Waals surface area contributed by atoms with Gasteiger partial charge in [0.15, 0.2) is 11.7 Å². The van der Waals surface area contributed by atoms with Gasteiger partial charge in [-0.05, 0) is 68.0 Å². The van der Waals surface area contributed by atoms with Crippen LogP contribution < -0.4 is 4.74 Å². The standard InChI is InChI=1S/C28H24N4O5/c1-3-35-28(34)24-25(33)23(14-18-15-31-26-21(18)8-6-12-30-26)37-27(24)32-22-10-9-20(13-17(22)2)36-16-19-7-4-5-11-29-19/h4-15,24H,3,16H2,1-2H3,(H,30,31)/b23-14-,32-27?. The topological polar surface area (TPSA) is 116 Å². The predicted molar refractivity (Wildman–Crippen MR) is 137 cm³/mol. The van der Waals surface area contributed by atoms with Gasteiger partial charge in [-0.25, -0.2) is 9.98 Å². The van der Waals surface area contributed by atoms with Crippen molar-refractivity contribution in [3.8, 4) is 5.75 Å². The molecule has 4 heterocycles. The second-order valence-corrected chi connectivity index (χ2v) is 8.31. The van der Waals surface area contributed by atoms with Gasteiger partial charge in [-0.15, -0.1) is 0 Å². The van der Waals surface area contributed by atoms with E-state index in [-0.39, 0.29) is 18.3 Å². The number of ketones is 1. The molecule has 0 aliphatic carbocycles. The number of aromatic amines is 1. The fourth-order valence-electron chi connectivity index (χ4n) is 3.94. The molecule has 37 heavy (non-hydrogen) atoms. The molecule has 4 aromatic rings. The molecule has 1 aliphatic heterocycles. The number of nitrogens with one attached hydrogen (secondary N) is 1.